The first kappa shape index (κ1) is 11.6. The highest BCUT2D eigenvalue weighted by atomic mass is 32.2. The van der Waals surface area contributed by atoms with Crippen molar-refractivity contribution in [2.24, 2.45) is 4.40 Å². The Morgan fingerprint density at radius 1 is 1.07 bits per heavy atom. The molecule has 0 aromatic heterocycles. The summed E-state index contributed by atoms with van der Waals surface area (Å²) in [5.74, 6) is 0.201. The fourth-order valence-electron chi connectivity index (χ4n) is 0.842. The SMILES string of the molecule is O=S1(=O)CCC=N1.O=S1(=O)NCCN1. The lowest BCUT2D eigenvalue weighted by Gasteiger charge is -1.85. The number of nitrogens with zero attached hydrogens (tertiary/aromatic N) is 1. The molecule has 0 radical (unpaired) electrons. The van der Waals surface area contributed by atoms with Crippen molar-refractivity contribution in [2.45, 2.75) is 6.42 Å². The van der Waals surface area contributed by atoms with Crippen molar-refractivity contribution < 1.29 is 16.8 Å². The average molecular weight is 241 g/mol. The van der Waals surface area contributed by atoms with Gasteiger partial charge in [0.1, 0.15) is 0 Å². The van der Waals surface area contributed by atoms with Crippen molar-refractivity contribution in [3.63, 3.8) is 0 Å². The second kappa shape index (κ2) is 4.34. The monoisotopic (exact) mass is 241 g/mol. The second-order valence-corrected chi connectivity index (χ2v) is 6.02. The maximum absolute atomic E-state index is 10.2. The van der Waals surface area contributed by atoms with Crippen LogP contribution in [0.4, 0.5) is 0 Å². The lowest BCUT2D eigenvalue weighted by Crippen LogP contribution is -2.22. The lowest BCUT2D eigenvalue weighted by atomic mass is 10.6. The highest BCUT2D eigenvalue weighted by Gasteiger charge is 2.13. The Morgan fingerprint density at radius 3 is 1.79 bits per heavy atom. The lowest BCUT2D eigenvalue weighted by molar-refractivity contribution is 0.587. The third-order valence-electron chi connectivity index (χ3n) is 1.45. The van der Waals surface area contributed by atoms with Crippen LogP contribution >= 0.6 is 0 Å². The quantitative estimate of drug-likeness (QED) is 0.523. The van der Waals surface area contributed by atoms with E-state index in [1.807, 2.05) is 0 Å². The minimum absolute atomic E-state index is 0.201. The van der Waals surface area contributed by atoms with Gasteiger partial charge in [0, 0.05) is 19.3 Å². The van der Waals surface area contributed by atoms with Crippen LogP contribution in [0.5, 0.6) is 0 Å². The Bertz CT molecular complexity index is 398. The smallest absolute Gasteiger partial charge is 0.205 e. The van der Waals surface area contributed by atoms with Gasteiger partial charge in [0.25, 0.3) is 20.2 Å². The van der Waals surface area contributed by atoms with Gasteiger partial charge in [0.15, 0.2) is 0 Å². The van der Waals surface area contributed by atoms with Crippen LogP contribution in [0.3, 0.4) is 0 Å². The second-order valence-electron chi connectivity index (χ2n) is 2.65. The molecule has 2 aliphatic rings. The van der Waals surface area contributed by atoms with E-state index in [0.717, 1.165) is 0 Å². The van der Waals surface area contributed by atoms with Gasteiger partial charge in [-0.05, 0) is 6.42 Å². The zero-order valence-corrected chi connectivity index (χ0v) is 8.94. The molecule has 2 heterocycles. The highest BCUT2D eigenvalue weighted by Crippen LogP contribution is 1.99. The summed E-state index contributed by atoms with van der Waals surface area (Å²) in [7, 11) is -6.02. The van der Waals surface area contributed by atoms with Gasteiger partial charge in [-0.25, -0.2) is 17.9 Å². The van der Waals surface area contributed by atoms with Gasteiger partial charge in [0.05, 0.1) is 5.75 Å². The van der Waals surface area contributed by atoms with Gasteiger partial charge in [-0.15, -0.1) is 0 Å². The van der Waals surface area contributed by atoms with Crippen molar-refractivity contribution in [3.05, 3.63) is 0 Å². The van der Waals surface area contributed by atoms with E-state index in [2.05, 4.69) is 13.8 Å². The standard InChI is InChI=1S/C3H5NO2S.C2H6N2O2S/c2*5-7(6)3-1-2-4-7/h2H,1,3H2;3-4H,1-2H2. The van der Waals surface area contributed by atoms with Crippen LogP contribution in [0, 0.1) is 0 Å². The summed E-state index contributed by atoms with van der Waals surface area (Å²) in [6.45, 7) is 1.03. The maximum Gasteiger partial charge on any atom is 0.276 e. The van der Waals surface area contributed by atoms with Crippen LogP contribution in [0.25, 0.3) is 0 Å². The molecule has 0 amide bonds. The number of hydrogen-bond donors (Lipinski definition) is 2. The molecule has 2 rings (SSSR count). The van der Waals surface area contributed by atoms with E-state index < -0.39 is 20.2 Å². The molecular weight excluding hydrogens is 230 g/mol. The molecule has 1 saturated heterocycles. The van der Waals surface area contributed by atoms with Crippen LogP contribution in [0.1, 0.15) is 6.42 Å². The number of hydrogen-bond acceptors (Lipinski definition) is 4. The minimum atomic E-state index is -3.05. The molecule has 0 spiro atoms. The Kier molecular flexibility index (Phi) is 3.59. The van der Waals surface area contributed by atoms with Crippen molar-refractivity contribution in [1.29, 1.82) is 0 Å². The predicted molar refractivity (Wildman–Crippen MR) is 51.8 cm³/mol. The number of rotatable bonds is 0. The molecule has 7 nitrogen and oxygen atoms in total. The van der Waals surface area contributed by atoms with Crippen molar-refractivity contribution in [1.82, 2.24) is 9.44 Å². The molecule has 9 heteroatoms. The molecule has 0 atom stereocenters. The summed E-state index contributed by atoms with van der Waals surface area (Å²) in [4.78, 5) is 0. The molecule has 0 aromatic carbocycles. The molecule has 2 aliphatic heterocycles. The van der Waals surface area contributed by atoms with E-state index in [4.69, 9.17) is 0 Å². The molecular formula is C5H11N3O4S2. The van der Waals surface area contributed by atoms with Crippen molar-refractivity contribution in [3.8, 4) is 0 Å². The summed E-state index contributed by atoms with van der Waals surface area (Å²) < 4.78 is 48.6. The molecule has 82 valence electrons. The van der Waals surface area contributed by atoms with Crippen LogP contribution in [-0.4, -0.2) is 41.9 Å². The number of sulfonamides is 1. The summed E-state index contributed by atoms with van der Waals surface area (Å²) in [5, 5.41) is 0. The predicted octanol–water partition coefficient (Wildman–Crippen LogP) is -1.79. The van der Waals surface area contributed by atoms with Gasteiger partial charge in [-0.2, -0.15) is 12.8 Å². The minimum Gasteiger partial charge on any atom is -0.205 e. The van der Waals surface area contributed by atoms with E-state index in [-0.39, 0.29) is 5.75 Å². The molecule has 0 bridgehead atoms. The topological polar surface area (TPSA) is 105 Å². The molecule has 14 heavy (non-hydrogen) atoms. The van der Waals surface area contributed by atoms with Crippen LogP contribution in [-0.2, 0) is 20.2 Å². The highest BCUT2D eigenvalue weighted by molar-refractivity contribution is 7.90. The van der Waals surface area contributed by atoms with Crippen LogP contribution < -0.4 is 9.44 Å². The van der Waals surface area contributed by atoms with Gasteiger partial charge >= 0.3 is 0 Å². The first-order valence-electron chi connectivity index (χ1n) is 3.92. The normalized spacial score (nSPS) is 26.9. The van der Waals surface area contributed by atoms with Gasteiger partial charge in [-0.3, -0.25) is 0 Å². The average Bonchev–Trinajstić information content (AvgIpc) is 2.60. The first-order valence-corrected chi connectivity index (χ1v) is 7.01. The molecule has 2 N–H and O–H groups in total. The molecule has 0 saturated carbocycles. The van der Waals surface area contributed by atoms with Gasteiger partial charge < -0.3 is 0 Å². The Labute approximate surface area is 82.8 Å². The third kappa shape index (κ3) is 4.13. The third-order valence-corrected chi connectivity index (χ3v) is 3.84. The molecule has 1 fully saturated rings. The largest absolute Gasteiger partial charge is 0.276 e. The Hall–Kier alpha value is -0.510. The van der Waals surface area contributed by atoms with E-state index in [1.54, 1.807) is 0 Å². The van der Waals surface area contributed by atoms with Crippen molar-refractivity contribution in [2.75, 3.05) is 18.8 Å². The summed E-state index contributed by atoms with van der Waals surface area (Å²) in [6.07, 6.45) is 2.01. The van der Waals surface area contributed by atoms with E-state index in [9.17, 15) is 16.8 Å². The van der Waals surface area contributed by atoms with E-state index >= 15 is 0 Å². The van der Waals surface area contributed by atoms with E-state index in [0.29, 0.717) is 19.5 Å². The summed E-state index contributed by atoms with van der Waals surface area (Å²) in [6, 6.07) is 0. The zero-order valence-electron chi connectivity index (χ0n) is 7.30. The van der Waals surface area contributed by atoms with Gasteiger partial charge in [0.2, 0.25) is 0 Å². The number of nitrogens with one attached hydrogen (secondary N) is 2. The molecule has 0 aliphatic carbocycles. The van der Waals surface area contributed by atoms with Crippen LogP contribution in [0.15, 0.2) is 4.40 Å². The Balaban J connectivity index is 0.000000140. The fourth-order valence-corrected chi connectivity index (χ4v) is 2.53. The molecule has 0 aromatic rings. The van der Waals surface area contributed by atoms with Gasteiger partial charge in [-0.1, -0.05) is 0 Å². The molecule has 0 unspecified atom stereocenters. The maximum atomic E-state index is 10.2. The fraction of sp³-hybridized carbons (Fsp3) is 0.800. The summed E-state index contributed by atoms with van der Waals surface area (Å²) in [5.41, 5.74) is 0. The van der Waals surface area contributed by atoms with Crippen molar-refractivity contribution >= 4 is 26.4 Å². The first-order chi connectivity index (χ1) is 6.41. The Morgan fingerprint density at radius 2 is 1.64 bits per heavy atom. The zero-order chi connectivity index (χ0) is 10.7. The summed E-state index contributed by atoms with van der Waals surface area (Å²) >= 11 is 0. The van der Waals surface area contributed by atoms with E-state index in [1.165, 1.54) is 6.21 Å². The van der Waals surface area contributed by atoms with Crippen LogP contribution in [0.2, 0.25) is 0 Å².